The van der Waals surface area contributed by atoms with E-state index in [9.17, 15) is 8.78 Å². The summed E-state index contributed by atoms with van der Waals surface area (Å²) in [4.78, 5) is 0.681. The molecule has 0 saturated heterocycles. The number of benzene rings is 3. The van der Waals surface area contributed by atoms with E-state index in [-0.39, 0.29) is 0 Å². The minimum atomic E-state index is -0.832. The summed E-state index contributed by atoms with van der Waals surface area (Å²) in [6.45, 7) is 0. The Morgan fingerprint density at radius 2 is 1.52 bits per heavy atom. The average molecular weight is 378 g/mol. The third-order valence-electron chi connectivity index (χ3n) is 4.14. The standard InChI is InChI=1S/C22H16F2N2S/c23-20-12-11-19(13-21(20)24)27-15-17-14-26(18-9-5-2-6-10-18)25-22(17)16-7-3-1-4-8-16/h1-14H,15H2. The molecule has 0 aliphatic heterocycles. The molecule has 27 heavy (non-hydrogen) atoms. The van der Waals surface area contributed by atoms with Crippen molar-refractivity contribution >= 4 is 11.8 Å². The fourth-order valence-electron chi connectivity index (χ4n) is 2.80. The Bertz CT molecular complexity index is 1050. The van der Waals surface area contributed by atoms with Crippen LogP contribution >= 0.6 is 11.8 Å². The van der Waals surface area contributed by atoms with Crippen LogP contribution in [-0.2, 0) is 5.75 Å². The molecule has 4 aromatic rings. The van der Waals surface area contributed by atoms with E-state index in [1.165, 1.54) is 17.8 Å². The Kier molecular flexibility index (Phi) is 5.03. The van der Waals surface area contributed by atoms with Crippen molar-refractivity contribution in [1.82, 2.24) is 9.78 Å². The van der Waals surface area contributed by atoms with Crippen LogP contribution in [0, 0.1) is 11.6 Å². The summed E-state index contributed by atoms with van der Waals surface area (Å²) in [5, 5.41) is 4.76. The molecule has 3 aromatic carbocycles. The average Bonchev–Trinajstić information content (AvgIpc) is 3.14. The van der Waals surface area contributed by atoms with Gasteiger partial charge in [0.05, 0.1) is 11.4 Å². The first-order valence-electron chi connectivity index (χ1n) is 8.48. The summed E-state index contributed by atoms with van der Waals surface area (Å²) in [5.41, 5.74) is 3.90. The van der Waals surface area contributed by atoms with Gasteiger partial charge in [-0.2, -0.15) is 5.10 Å². The molecular formula is C22H16F2N2S. The first kappa shape index (κ1) is 17.5. The maximum absolute atomic E-state index is 13.5. The van der Waals surface area contributed by atoms with Crippen molar-refractivity contribution in [2.45, 2.75) is 10.6 Å². The number of rotatable bonds is 5. The lowest BCUT2D eigenvalue weighted by Crippen LogP contribution is -1.93. The Hall–Kier alpha value is -2.92. The molecule has 0 fully saturated rings. The van der Waals surface area contributed by atoms with E-state index in [0.717, 1.165) is 28.6 Å². The van der Waals surface area contributed by atoms with Gasteiger partial charge in [-0.3, -0.25) is 0 Å². The van der Waals surface area contributed by atoms with Crippen molar-refractivity contribution in [2.24, 2.45) is 0 Å². The maximum Gasteiger partial charge on any atom is 0.159 e. The summed E-state index contributed by atoms with van der Waals surface area (Å²) in [5.74, 6) is -1.06. The highest BCUT2D eigenvalue weighted by Crippen LogP contribution is 2.30. The van der Waals surface area contributed by atoms with Crippen molar-refractivity contribution in [3.05, 3.63) is 102 Å². The van der Waals surface area contributed by atoms with Gasteiger partial charge >= 0.3 is 0 Å². The van der Waals surface area contributed by atoms with Crippen LogP contribution in [0.25, 0.3) is 16.9 Å². The molecule has 2 nitrogen and oxygen atoms in total. The first-order valence-corrected chi connectivity index (χ1v) is 9.46. The van der Waals surface area contributed by atoms with Crippen LogP contribution in [0.15, 0.2) is 90.0 Å². The van der Waals surface area contributed by atoms with Crippen LogP contribution in [0.3, 0.4) is 0 Å². The van der Waals surface area contributed by atoms with E-state index in [1.807, 2.05) is 71.5 Å². The molecule has 0 N–H and O–H groups in total. The predicted octanol–water partition coefficient (Wildman–Crippen LogP) is 6.11. The molecule has 5 heteroatoms. The zero-order valence-corrected chi connectivity index (χ0v) is 15.2. The summed E-state index contributed by atoms with van der Waals surface area (Å²) in [6.07, 6.45) is 1.99. The summed E-state index contributed by atoms with van der Waals surface area (Å²) < 4.78 is 28.5. The van der Waals surface area contributed by atoms with Crippen molar-refractivity contribution in [2.75, 3.05) is 0 Å². The number of para-hydroxylation sites is 1. The van der Waals surface area contributed by atoms with Crippen LogP contribution in [0.2, 0.25) is 0 Å². The zero-order valence-electron chi connectivity index (χ0n) is 14.3. The van der Waals surface area contributed by atoms with Gasteiger partial charge in [0.2, 0.25) is 0 Å². The van der Waals surface area contributed by atoms with Gasteiger partial charge < -0.3 is 0 Å². The van der Waals surface area contributed by atoms with Gasteiger partial charge in [-0.1, -0.05) is 48.5 Å². The molecule has 1 aromatic heterocycles. The molecule has 0 aliphatic rings. The normalized spacial score (nSPS) is 10.9. The molecule has 0 radical (unpaired) electrons. The van der Waals surface area contributed by atoms with E-state index in [0.29, 0.717) is 10.6 Å². The Labute approximate surface area is 160 Å². The van der Waals surface area contributed by atoms with E-state index in [2.05, 4.69) is 0 Å². The number of hydrogen-bond acceptors (Lipinski definition) is 2. The highest BCUT2D eigenvalue weighted by Gasteiger charge is 2.13. The van der Waals surface area contributed by atoms with Gasteiger partial charge in [-0.25, -0.2) is 13.5 Å². The minimum absolute atomic E-state index is 0.599. The largest absolute Gasteiger partial charge is 0.240 e. The smallest absolute Gasteiger partial charge is 0.159 e. The maximum atomic E-state index is 13.5. The molecule has 4 rings (SSSR count). The fraction of sp³-hybridized carbons (Fsp3) is 0.0455. The molecule has 1 heterocycles. The van der Waals surface area contributed by atoms with E-state index in [4.69, 9.17) is 5.10 Å². The summed E-state index contributed by atoms with van der Waals surface area (Å²) in [6, 6.07) is 23.8. The molecular weight excluding hydrogens is 362 g/mol. The van der Waals surface area contributed by atoms with Gasteiger partial charge in [0, 0.05) is 28.0 Å². The predicted molar refractivity (Wildman–Crippen MR) is 105 cm³/mol. The Balaban J connectivity index is 1.67. The Morgan fingerprint density at radius 3 is 2.22 bits per heavy atom. The monoisotopic (exact) mass is 378 g/mol. The fourth-order valence-corrected chi connectivity index (χ4v) is 3.68. The van der Waals surface area contributed by atoms with E-state index in [1.54, 1.807) is 6.07 Å². The third kappa shape index (κ3) is 3.93. The second-order valence-electron chi connectivity index (χ2n) is 6.01. The van der Waals surface area contributed by atoms with Crippen LogP contribution in [0.4, 0.5) is 8.78 Å². The van der Waals surface area contributed by atoms with Crippen molar-refractivity contribution < 1.29 is 8.78 Å². The van der Waals surface area contributed by atoms with Crippen molar-refractivity contribution in [1.29, 1.82) is 0 Å². The molecule has 0 bridgehead atoms. The van der Waals surface area contributed by atoms with E-state index >= 15 is 0 Å². The SMILES string of the molecule is Fc1ccc(SCc2cn(-c3ccccc3)nc2-c2ccccc2)cc1F. The second kappa shape index (κ2) is 7.76. The lowest BCUT2D eigenvalue weighted by atomic mass is 10.1. The highest BCUT2D eigenvalue weighted by molar-refractivity contribution is 7.98. The molecule has 0 saturated carbocycles. The molecule has 0 unspecified atom stereocenters. The number of halogens is 2. The van der Waals surface area contributed by atoms with Crippen molar-refractivity contribution in [3.63, 3.8) is 0 Å². The molecule has 0 aliphatic carbocycles. The zero-order chi connectivity index (χ0) is 18.6. The number of thioether (sulfide) groups is 1. The van der Waals surface area contributed by atoms with Gasteiger partial charge in [0.1, 0.15) is 0 Å². The third-order valence-corrected chi connectivity index (χ3v) is 5.19. The highest BCUT2D eigenvalue weighted by atomic mass is 32.2. The minimum Gasteiger partial charge on any atom is -0.240 e. The van der Waals surface area contributed by atoms with Gasteiger partial charge in [-0.15, -0.1) is 11.8 Å². The Morgan fingerprint density at radius 1 is 0.815 bits per heavy atom. The van der Waals surface area contributed by atoms with Crippen LogP contribution in [-0.4, -0.2) is 9.78 Å². The molecule has 0 spiro atoms. The first-order chi connectivity index (χ1) is 13.2. The van der Waals surface area contributed by atoms with Gasteiger partial charge in [0.15, 0.2) is 11.6 Å². The number of aromatic nitrogens is 2. The molecule has 0 amide bonds. The van der Waals surface area contributed by atoms with Crippen LogP contribution < -0.4 is 0 Å². The van der Waals surface area contributed by atoms with Gasteiger partial charge in [0.25, 0.3) is 0 Å². The number of hydrogen-bond donors (Lipinski definition) is 0. The lowest BCUT2D eigenvalue weighted by Gasteiger charge is -2.03. The van der Waals surface area contributed by atoms with Crippen LogP contribution in [0.1, 0.15) is 5.56 Å². The molecule has 0 atom stereocenters. The van der Waals surface area contributed by atoms with E-state index < -0.39 is 11.6 Å². The van der Waals surface area contributed by atoms with Crippen LogP contribution in [0.5, 0.6) is 0 Å². The van der Waals surface area contributed by atoms with Gasteiger partial charge in [-0.05, 0) is 30.3 Å². The quantitative estimate of drug-likeness (QED) is 0.390. The summed E-state index contributed by atoms with van der Waals surface area (Å²) >= 11 is 1.45. The lowest BCUT2D eigenvalue weighted by molar-refractivity contribution is 0.506. The van der Waals surface area contributed by atoms with Crippen molar-refractivity contribution in [3.8, 4) is 16.9 Å². The second-order valence-corrected chi connectivity index (χ2v) is 7.06. The molecule has 134 valence electrons. The topological polar surface area (TPSA) is 17.8 Å². The number of nitrogens with zero attached hydrogens (tertiary/aromatic N) is 2. The summed E-state index contributed by atoms with van der Waals surface area (Å²) in [7, 11) is 0.